The summed E-state index contributed by atoms with van der Waals surface area (Å²) < 4.78 is -0.170. The molecule has 0 radical (unpaired) electrons. The molecule has 100 valence electrons. The van der Waals surface area contributed by atoms with Gasteiger partial charge in [-0.1, -0.05) is 101 Å². The average molecular weight is 325 g/mol. The molecule has 1 atom stereocenters. The zero-order valence-electron chi connectivity index (χ0n) is 11.2. The molecule has 2 aromatic rings. The second kappa shape index (κ2) is 5.80. The smallest absolute Gasteiger partial charge is 0.0820 e. The Morgan fingerprint density at radius 2 is 1.35 bits per heavy atom. The molecule has 0 aromatic heterocycles. The molecule has 0 bridgehead atoms. The van der Waals surface area contributed by atoms with Gasteiger partial charge in [-0.25, -0.2) is 0 Å². The van der Waals surface area contributed by atoms with Gasteiger partial charge in [0.2, 0.25) is 0 Å². The van der Waals surface area contributed by atoms with E-state index < -0.39 is 0 Å². The molecule has 20 heavy (non-hydrogen) atoms. The van der Waals surface area contributed by atoms with E-state index in [0.29, 0.717) is 5.92 Å². The molecule has 3 rings (SSSR count). The molecule has 2 aromatic carbocycles. The first-order valence-electron chi connectivity index (χ1n) is 6.95. The lowest BCUT2D eigenvalue weighted by atomic mass is 9.77. The van der Waals surface area contributed by atoms with Crippen molar-refractivity contribution in [3.8, 4) is 0 Å². The largest absolute Gasteiger partial charge is 0.0839 e. The highest BCUT2D eigenvalue weighted by atomic mass is 79.9. The van der Waals surface area contributed by atoms with E-state index in [0.717, 1.165) is 6.42 Å². The van der Waals surface area contributed by atoms with E-state index >= 15 is 0 Å². The van der Waals surface area contributed by atoms with Crippen LogP contribution in [-0.4, -0.2) is 0 Å². The molecule has 1 unspecified atom stereocenters. The first-order chi connectivity index (χ1) is 9.82. The van der Waals surface area contributed by atoms with Crippen LogP contribution in [0.2, 0.25) is 0 Å². The van der Waals surface area contributed by atoms with Crippen LogP contribution >= 0.6 is 15.9 Å². The molecule has 1 aliphatic rings. The van der Waals surface area contributed by atoms with Crippen molar-refractivity contribution in [2.75, 3.05) is 0 Å². The maximum Gasteiger partial charge on any atom is 0.0820 e. The summed E-state index contributed by atoms with van der Waals surface area (Å²) in [6, 6.07) is 21.4. The minimum Gasteiger partial charge on any atom is -0.0839 e. The van der Waals surface area contributed by atoms with E-state index in [1.165, 1.54) is 11.1 Å². The van der Waals surface area contributed by atoms with E-state index in [1.807, 2.05) is 0 Å². The number of halogens is 1. The Morgan fingerprint density at radius 3 is 1.80 bits per heavy atom. The summed E-state index contributed by atoms with van der Waals surface area (Å²) in [6.45, 7) is 0. The van der Waals surface area contributed by atoms with E-state index in [2.05, 4.69) is 101 Å². The summed E-state index contributed by atoms with van der Waals surface area (Å²) >= 11 is 4.08. The molecular weight excluding hydrogens is 308 g/mol. The van der Waals surface area contributed by atoms with E-state index in [4.69, 9.17) is 0 Å². The van der Waals surface area contributed by atoms with Gasteiger partial charge in [-0.05, 0) is 17.5 Å². The van der Waals surface area contributed by atoms with Crippen LogP contribution in [0.1, 0.15) is 17.5 Å². The zero-order chi connectivity index (χ0) is 13.8. The minimum atomic E-state index is -0.170. The highest BCUT2D eigenvalue weighted by Gasteiger charge is 2.37. The molecule has 1 heteroatoms. The van der Waals surface area contributed by atoms with Gasteiger partial charge in [0.05, 0.1) is 4.32 Å². The average Bonchev–Trinajstić information content (AvgIpc) is 2.56. The third-order valence-corrected chi connectivity index (χ3v) is 5.38. The van der Waals surface area contributed by atoms with Gasteiger partial charge < -0.3 is 0 Å². The van der Waals surface area contributed by atoms with Crippen LogP contribution in [0.15, 0.2) is 85.0 Å². The first kappa shape index (κ1) is 13.4. The van der Waals surface area contributed by atoms with Crippen LogP contribution in [0, 0.1) is 5.92 Å². The molecular formula is C19H17Br. The van der Waals surface area contributed by atoms with Gasteiger partial charge >= 0.3 is 0 Å². The fourth-order valence-electron chi connectivity index (χ4n) is 2.83. The minimum absolute atomic E-state index is 0.170. The normalized spacial score (nSPS) is 18.1. The molecule has 0 N–H and O–H groups in total. The van der Waals surface area contributed by atoms with Crippen LogP contribution in [-0.2, 0) is 4.32 Å². The van der Waals surface area contributed by atoms with E-state index in [1.54, 1.807) is 0 Å². The molecule has 0 spiro atoms. The third kappa shape index (κ3) is 2.38. The van der Waals surface area contributed by atoms with Crippen LogP contribution in [0.5, 0.6) is 0 Å². The summed E-state index contributed by atoms with van der Waals surface area (Å²) in [5.41, 5.74) is 2.60. The van der Waals surface area contributed by atoms with Crippen molar-refractivity contribution in [2.45, 2.75) is 10.7 Å². The van der Waals surface area contributed by atoms with Crippen molar-refractivity contribution in [1.82, 2.24) is 0 Å². The predicted octanol–water partition coefficient (Wildman–Crippen LogP) is 5.46. The number of rotatable bonds is 3. The van der Waals surface area contributed by atoms with Crippen molar-refractivity contribution < 1.29 is 0 Å². The number of benzene rings is 2. The van der Waals surface area contributed by atoms with Gasteiger partial charge in [0.1, 0.15) is 0 Å². The Morgan fingerprint density at radius 1 is 0.800 bits per heavy atom. The van der Waals surface area contributed by atoms with Crippen molar-refractivity contribution in [2.24, 2.45) is 5.92 Å². The van der Waals surface area contributed by atoms with E-state index in [9.17, 15) is 0 Å². The van der Waals surface area contributed by atoms with Gasteiger partial charge in [-0.15, -0.1) is 0 Å². The second-order valence-corrected chi connectivity index (χ2v) is 6.35. The number of alkyl halides is 1. The predicted molar refractivity (Wildman–Crippen MR) is 89.0 cm³/mol. The third-order valence-electron chi connectivity index (χ3n) is 3.88. The Labute approximate surface area is 129 Å². The Bertz CT molecular complexity index is 571. The quantitative estimate of drug-likeness (QED) is 0.658. The summed E-state index contributed by atoms with van der Waals surface area (Å²) in [7, 11) is 0. The fourth-order valence-corrected chi connectivity index (χ4v) is 3.70. The standard InChI is InChI=1S/C19H17Br/c20-19(16-10-4-1-5-11-16,17-12-6-2-7-13-17)18-14-8-3-9-15-18/h1-14,18H,15H2. The molecule has 0 heterocycles. The van der Waals surface area contributed by atoms with Gasteiger partial charge in [-0.2, -0.15) is 0 Å². The lowest BCUT2D eigenvalue weighted by Crippen LogP contribution is -2.29. The van der Waals surface area contributed by atoms with Crippen LogP contribution in [0.3, 0.4) is 0 Å². The Kier molecular flexibility index (Phi) is 3.88. The summed E-state index contributed by atoms with van der Waals surface area (Å²) in [4.78, 5) is 0. The molecule has 0 amide bonds. The van der Waals surface area contributed by atoms with Gasteiger partial charge in [0, 0.05) is 5.92 Å². The molecule has 0 fully saturated rings. The lowest BCUT2D eigenvalue weighted by Gasteiger charge is -2.36. The first-order valence-corrected chi connectivity index (χ1v) is 7.74. The van der Waals surface area contributed by atoms with Gasteiger partial charge in [-0.3, -0.25) is 0 Å². The summed E-state index contributed by atoms with van der Waals surface area (Å²) in [6.07, 6.45) is 9.86. The number of hydrogen-bond acceptors (Lipinski definition) is 0. The monoisotopic (exact) mass is 324 g/mol. The van der Waals surface area contributed by atoms with E-state index in [-0.39, 0.29) is 4.32 Å². The lowest BCUT2D eigenvalue weighted by molar-refractivity contribution is 0.537. The van der Waals surface area contributed by atoms with Crippen molar-refractivity contribution in [3.63, 3.8) is 0 Å². The SMILES string of the molecule is BrC(c1ccccc1)(c1ccccc1)C1C=CC=CC1. The maximum atomic E-state index is 4.08. The zero-order valence-corrected chi connectivity index (χ0v) is 12.8. The summed E-state index contributed by atoms with van der Waals surface area (Å²) in [5.74, 6) is 0.414. The second-order valence-electron chi connectivity index (χ2n) is 5.10. The van der Waals surface area contributed by atoms with Crippen molar-refractivity contribution in [3.05, 3.63) is 96.1 Å². The molecule has 1 aliphatic carbocycles. The topological polar surface area (TPSA) is 0 Å². The van der Waals surface area contributed by atoms with Crippen LogP contribution < -0.4 is 0 Å². The Balaban J connectivity index is 2.13. The molecule has 0 saturated heterocycles. The maximum absolute atomic E-state index is 4.08. The van der Waals surface area contributed by atoms with Crippen LogP contribution in [0.4, 0.5) is 0 Å². The Hall–Kier alpha value is -1.60. The van der Waals surface area contributed by atoms with Gasteiger partial charge in [0.25, 0.3) is 0 Å². The summed E-state index contributed by atoms with van der Waals surface area (Å²) in [5, 5.41) is 0. The molecule has 0 saturated carbocycles. The highest BCUT2D eigenvalue weighted by Crippen LogP contribution is 2.47. The fraction of sp³-hybridized carbons (Fsp3) is 0.158. The number of hydrogen-bond donors (Lipinski definition) is 0. The van der Waals surface area contributed by atoms with Gasteiger partial charge in [0.15, 0.2) is 0 Å². The van der Waals surface area contributed by atoms with Crippen molar-refractivity contribution in [1.29, 1.82) is 0 Å². The number of allylic oxidation sites excluding steroid dienone is 4. The molecule has 0 nitrogen and oxygen atoms in total. The van der Waals surface area contributed by atoms with Crippen LogP contribution in [0.25, 0.3) is 0 Å². The molecule has 0 aliphatic heterocycles. The van der Waals surface area contributed by atoms with Crippen molar-refractivity contribution >= 4 is 15.9 Å². The highest BCUT2D eigenvalue weighted by molar-refractivity contribution is 9.09.